The molecule has 0 saturated heterocycles. The van der Waals surface area contributed by atoms with Crippen molar-refractivity contribution in [2.75, 3.05) is 27.0 Å². The molecule has 248 valence electrons. The highest BCUT2D eigenvalue weighted by molar-refractivity contribution is 6.00. The quantitative estimate of drug-likeness (QED) is 0.119. The first-order chi connectivity index (χ1) is 22.5. The molecule has 2 aromatic carbocycles. The summed E-state index contributed by atoms with van der Waals surface area (Å²) >= 11 is 0. The molecular formula is C33H31F5N4O5. The van der Waals surface area contributed by atoms with E-state index in [1.165, 1.54) is 13.0 Å². The number of benzene rings is 2. The first kappa shape index (κ1) is 34.7. The zero-order valence-electron chi connectivity index (χ0n) is 25.5. The van der Waals surface area contributed by atoms with E-state index in [1.54, 1.807) is 6.07 Å². The molecular weight excluding hydrogens is 627 g/mol. The highest BCUT2D eigenvalue weighted by Gasteiger charge is 2.46. The van der Waals surface area contributed by atoms with Crippen molar-refractivity contribution < 1.29 is 45.8 Å². The van der Waals surface area contributed by atoms with E-state index in [-0.39, 0.29) is 12.3 Å². The number of esters is 2. The van der Waals surface area contributed by atoms with Gasteiger partial charge in [-0.25, -0.2) is 18.4 Å². The Morgan fingerprint density at radius 2 is 1.70 bits per heavy atom. The Bertz CT molecular complexity index is 1710. The zero-order chi connectivity index (χ0) is 34.1. The summed E-state index contributed by atoms with van der Waals surface area (Å²) in [6, 6.07) is 14.0. The van der Waals surface area contributed by atoms with Crippen LogP contribution in [0, 0.1) is 17.1 Å². The van der Waals surface area contributed by atoms with E-state index < -0.39 is 70.1 Å². The highest BCUT2D eigenvalue weighted by atomic mass is 19.4. The molecule has 0 aliphatic carbocycles. The molecule has 1 aromatic heterocycles. The van der Waals surface area contributed by atoms with E-state index in [0.29, 0.717) is 50.3 Å². The molecule has 0 fully saturated rings. The predicted octanol–water partition coefficient (Wildman–Crippen LogP) is 6.65. The van der Waals surface area contributed by atoms with E-state index in [0.717, 1.165) is 18.4 Å². The predicted molar refractivity (Wildman–Crippen MR) is 159 cm³/mol. The number of allylic oxidation sites excluding steroid dienone is 2. The Morgan fingerprint density at radius 1 is 1.00 bits per heavy atom. The Labute approximate surface area is 267 Å². The van der Waals surface area contributed by atoms with Gasteiger partial charge >= 0.3 is 18.1 Å². The van der Waals surface area contributed by atoms with Crippen molar-refractivity contribution in [2.24, 2.45) is 0 Å². The van der Waals surface area contributed by atoms with Gasteiger partial charge in [0.25, 0.3) is 0 Å². The van der Waals surface area contributed by atoms with Crippen LogP contribution in [0.25, 0.3) is 11.3 Å². The number of aromatic nitrogens is 2. The number of nitrogens with zero attached hydrogens (tertiary/aromatic N) is 2. The molecule has 0 radical (unpaired) electrons. The second-order valence-corrected chi connectivity index (χ2v) is 10.5. The minimum Gasteiger partial charge on any atom is -0.477 e. The van der Waals surface area contributed by atoms with Crippen molar-refractivity contribution >= 4 is 11.9 Å². The molecule has 1 unspecified atom stereocenters. The number of unbranched alkanes of at least 4 members (excludes halogenated alkanes) is 3. The van der Waals surface area contributed by atoms with Crippen LogP contribution in [0.1, 0.15) is 55.2 Å². The van der Waals surface area contributed by atoms with Crippen LogP contribution >= 0.6 is 0 Å². The largest absolute Gasteiger partial charge is 0.477 e. The lowest BCUT2D eigenvalue weighted by molar-refractivity contribution is -0.142. The van der Waals surface area contributed by atoms with Gasteiger partial charge in [-0.1, -0.05) is 30.3 Å². The summed E-state index contributed by atoms with van der Waals surface area (Å²) in [4.78, 5) is 26.2. The number of hydrogen-bond acceptors (Lipinski definition) is 8. The lowest BCUT2D eigenvalue weighted by Gasteiger charge is -2.32. The number of dihydropyridines is 1. The summed E-state index contributed by atoms with van der Waals surface area (Å²) < 4.78 is 88.1. The zero-order valence-corrected chi connectivity index (χ0v) is 25.5. The average molecular weight is 659 g/mol. The van der Waals surface area contributed by atoms with Crippen molar-refractivity contribution in [2.45, 2.75) is 44.7 Å². The Hall–Kier alpha value is -5.19. The number of carbonyl (C=O) groups is 2. The maximum Gasteiger partial charge on any atom is 0.418 e. The van der Waals surface area contributed by atoms with E-state index in [4.69, 9.17) is 14.2 Å². The standard InChI is InChI=1S/C33H31F5N4O5/c1-19-26(32(44)47-15-9-4-3-8-14-46-25-16-23(41-42-25)20-10-6-5-7-11-20)29(28(31(43)45-2)24(17-34)40-19)27-22(35)13-12-21(18-39)30(27)33(36,37)38/h5-7,10-13,16,29,40H,3-4,8-9,14-15,17H2,1-2H3,(H,41,42). The smallest absolute Gasteiger partial charge is 0.418 e. The van der Waals surface area contributed by atoms with Crippen LogP contribution in [0.5, 0.6) is 5.88 Å². The lowest BCUT2D eigenvalue weighted by atomic mass is 9.77. The second-order valence-electron chi connectivity index (χ2n) is 10.5. The van der Waals surface area contributed by atoms with E-state index in [1.807, 2.05) is 30.3 Å². The van der Waals surface area contributed by atoms with Crippen LogP contribution in [-0.4, -0.2) is 49.1 Å². The van der Waals surface area contributed by atoms with Gasteiger partial charge in [0.05, 0.1) is 66.0 Å². The number of hydrogen-bond donors (Lipinski definition) is 2. The number of aromatic amines is 1. The molecule has 0 bridgehead atoms. The molecule has 2 heterocycles. The van der Waals surface area contributed by atoms with Gasteiger partial charge in [-0.3, -0.25) is 5.10 Å². The average Bonchev–Trinajstić information content (AvgIpc) is 3.53. The second kappa shape index (κ2) is 15.4. The monoisotopic (exact) mass is 658 g/mol. The molecule has 4 rings (SSSR count). The minimum absolute atomic E-state index is 0.150. The van der Waals surface area contributed by atoms with Gasteiger partial charge in [-0.2, -0.15) is 18.4 Å². The van der Waals surface area contributed by atoms with Crippen molar-refractivity contribution in [3.05, 3.63) is 93.6 Å². The fourth-order valence-corrected chi connectivity index (χ4v) is 5.31. The molecule has 1 aliphatic heterocycles. The fourth-order valence-electron chi connectivity index (χ4n) is 5.31. The number of H-pyrrole nitrogens is 1. The number of halogens is 5. The molecule has 47 heavy (non-hydrogen) atoms. The summed E-state index contributed by atoms with van der Waals surface area (Å²) in [5, 5.41) is 19.0. The number of methoxy groups -OCH3 is 1. The summed E-state index contributed by atoms with van der Waals surface area (Å²) in [6.45, 7) is 0.115. The third-order valence-corrected chi connectivity index (χ3v) is 7.45. The van der Waals surface area contributed by atoms with Crippen molar-refractivity contribution in [1.29, 1.82) is 5.26 Å². The normalized spacial score (nSPS) is 14.8. The van der Waals surface area contributed by atoms with Crippen LogP contribution in [0.4, 0.5) is 22.0 Å². The molecule has 14 heteroatoms. The van der Waals surface area contributed by atoms with Gasteiger partial charge < -0.3 is 19.5 Å². The molecule has 0 spiro atoms. The first-order valence-corrected chi connectivity index (χ1v) is 14.6. The van der Waals surface area contributed by atoms with Crippen LogP contribution in [-0.2, 0) is 25.2 Å². The SMILES string of the molecule is COC(=O)C1=C(CF)NC(C)=C(C(=O)OCCCCCCOc2cc(-c3ccccc3)[nH]n2)C1c1c(F)ccc(C#N)c1C(F)(F)F. The third-order valence-electron chi connectivity index (χ3n) is 7.45. The van der Waals surface area contributed by atoms with Crippen LogP contribution in [0.15, 0.2) is 71.1 Å². The van der Waals surface area contributed by atoms with Gasteiger partial charge in [0.2, 0.25) is 5.88 Å². The molecule has 2 N–H and O–H groups in total. The summed E-state index contributed by atoms with van der Waals surface area (Å²) in [5.41, 5.74) is -4.02. The van der Waals surface area contributed by atoms with Gasteiger partial charge in [0, 0.05) is 17.3 Å². The number of ether oxygens (including phenoxy) is 3. The van der Waals surface area contributed by atoms with E-state index in [9.17, 15) is 32.4 Å². The van der Waals surface area contributed by atoms with E-state index in [2.05, 4.69) is 15.5 Å². The van der Waals surface area contributed by atoms with Crippen LogP contribution in [0.3, 0.4) is 0 Å². The van der Waals surface area contributed by atoms with Gasteiger partial charge in [0.1, 0.15) is 12.5 Å². The minimum atomic E-state index is -5.28. The molecule has 1 aliphatic rings. The number of carbonyl (C=O) groups excluding carboxylic acids is 2. The van der Waals surface area contributed by atoms with Crippen molar-refractivity contribution in [1.82, 2.24) is 15.5 Å². The third kappa shape index (κ3) is 7.97. The number of nitrogens with one attached hydrogen (secondary N) is 2. The van der Waals surface area contributed by atoms with Crippen molar-refractivity contribution in [3.8, 4) is 23.2 Å². The molecule has 0 amide bonds. The maximum atomic E-state index is 15.4. The molecule has 1 atom stereocenters. The fraction of sp³-hybridized carbons (Fsp3) is 0.333. The summed E-state index contributed by atoms with van der Waals surface area (Å²) in [6.07, 6.45) is -2.96. The number of rotatable bonds is 13. The number of alkyl halides is 4. The highest BCUT2D eigenvalue weighted by Crippen LogP contribution is 2.46. The molecule has 3 aromatic rings. The van der Waals surface area contributed by atoms with E-state index >= 15 is 4.39 Å². The maximum absolute atomic E-state index is 15.4. The molecule has 9 nitrogen and oxygen atoms in total. The topological polar surface area (TPSA) is 126 Å². The Morgan fingerprint density at radius 3 is 2.34 bits per heavy atom. The van der Waals surface area contributed by atoms with Crippen LogP contribution in [0.2, 0.25) is 0 Å². The number of nitriles is 1. The first-order valence-electron chi connectivity index (χ1n) is 14.6. The van der Waals surface area contributed by atoms with Gasteiger partial charge in [0.15, 0.2) is 0 Å². The van der Waals surface area contributed by atoms with Crippen LogP contribution < -0.4 is 10.1 Å². The summed E-state index contributed by atoms with van der Waals surface area (Å²) in [5.74, 6) is -5.55. The lowest BCUT2D eigenvalue weighted by Crippen LogP contribution is -2.35. The Kier molecular flexibility index (Phi) is 11.4. The Balaban J connectivity index is 1.44. The molecule has 0 saturated carbocycles. The summed E-state index contributed by atoms with van der Waals surface area (Å²) in [7, 11) is 0.903. The van der Waals surface area contributed by atoms with Gasteiger partial charge in [-0.15, -0.1) is 5.10 Å². The van der Waals surface area contributed by atoms with Crippen molar-refractivity contribution in [3.63, 3.8) is 0 Å². The van der Waals surface area contributed by atoms with Gasteiger partial charge in [-0.05, 0) is 50.3 Å².